The van der Waals surface area contributed by atoms with Gasteiger partial charge in [-0.2, -0.15) is 0 Å². The van der Waals surface area contributed by atoms with Gasteiger partial charge in [-0.25, -0.2) is 8.42 Å². The predicted octanol–water partition coefficient (Wildman–Crippen LogP) is 1.74. The van der Waals surface area contributed by atoms with Crippen LogP contribution in [0.15, 0.2) is 28.1 Å². The summed E-state index contributed by atoms with van der Waals surface area (Å²) in [6.07, 6.45) is 0. The van der Waals surface area contributed by atoms with Crippen LogP contribution >= 0.6 is 11.6 Å². The summed E-state index contributed by atoms with van der Waals surface area (Å²) in [5.41, 5.74) is 0.580. The van der Waals surface area contributed by atoms with Crippen LogP contribution in [0.25, 0.3) is 0 Å². The van der Waals surface area contributed by atoms with Crippen molar-refractivity contribution < 1.29 is 8.42 Å². The summed E-state index contributed by atoms with van der Waals surface area (Å²) in [5.74, 6) is 0.458. The van der Waals surface area contributed by atoms with E-state index in [1.54, 1.807) is 12.1 Å². The molecule has 0 atom stereocenters. The molecule has 0 saturated heterocycles. The zero-order valence-electron chi connectivity index (χ0n) is 8.94. The van der Waals surface area contributed by atoms with Crippen LogP contribution in [0.1, 0.15) is 12.5 Å². The first-order chi connectivity index (χ1) is 7.48. The van der Waals surface area contributed by atoms with Crippen LogP contribution in [0.4, 0.5) is 0 Å². The lowest BCUT2D eigenvalue weighted by atomic mass is 10.2. The van der Waals surface area contributed by atoms with Gasteiger partial charge in [-0.15, -0.1) is 0 Å². The molecule has 0 aromatic heterocycles. The minimum Gasteiger partial charge on any atom is -0.267 e. The van der Waals surface area contributed by atoms with Gasteiger partial charge >= 0.3 is 0 Å². The summed E-state index contributed by atoms with van der Waals surface area (Å²) in [4.78, 5) is 4.46. The summed E-state index contributed by atoms with van der Waals surface area (Å²) in [5, 5.41) is 0.507. The fourth-order valence-corrected chi connectivity index (χ4v) is 3.19. The Hall–Kier alpha value is -1.07. The second kappa shape index (κ2) is 3.75. The highest BCUT2D eigenvalue weighted by molar-refractivity contribution is 7.90. The van der Waals surface area contributed by atoms with Gasteiger partial charge in [0, 0.05) is 24.2 Å². The van der Waals surface area contributed by atoms with Gasteiger partial charge in [0.2, 0.25) is 0 Å². The Balaban J connectivity index is 2.76. The molecule has 0 aliphatic carbocycles. The molecule has 0 N–H and O–H groups in total. The van der Waals surface area contributed by atoms with E-state index in [2.05, 4.69) is 4.99 Å². The van der Waals surface area contributed by atoms with Crippen LogP contribution in [0.5, 0.6) is 0 Å². The largest absolute Gasteiger partial charge is 0.267 e. The van der Waals surface area contributed by atoms with Crippen LogP contribution in [-0.4, -0.2) is 32.2 Å². The number of benzene rings is 1. The minimum atomic E-state index is -3.43. The van der Waals surface area contributed by atoms with E-state index in [4.69, 9.17) is 11.6 Å². The molecule has 0 amide bonds. The first-order valence-corrected chi connectivity index (χ1v) is 6.63. The quantitative estimate of drug-likeness (QED) is 0.770. The fourth-order valence-electron chi connectivity index (χ4n) is 1.67. The second-order valence-corrected chi connectivity index (χ2v) is 5.79. The van der Waals surface area contributed by atoms with Crippen LogP contribution in [0.2, 0.25) is 5.02 Å². The Kier molecular flexibility index (Phi) is 2.67. The molecule has 1 aliphatic rings. The van der Waals surface area contributed by atoms with E-state index in [1.807, 2.05) is 6.92 Å². The number of rotatable bonds is 1. The molecule has 1 aromatic carbocycles. The zero-order valence-corrected chi connectivity index (χ0v) is 10.5. The van der Waals surface area contributed by atoms with Gasteiger partial charge < -0.3 is 0 Å². The molecule has 0 saturated carbocycles. The van der Waals surface area contributed by atoms with Gasteiger partial charge in [0.05, 0.1) is 4.90 Å². The Morgan fingerprint density at radius 3 is 2.75 bits per heavy atom. The lowest BCUT2D eigenvalue weighted by Gasteiger charge is -2.10. The van der Waals surface area contributed by atoms with E-state index >= 15 is 0 Å². The standard InChI is InChI=1S/C10H11ClN2O2S/c1-3-12-10-8-6-7(11)4-5-9(8)16(14,15)13(10)2/h4-6H,3H2,1-2H3. The first-order valence-electron chi connectivity index (χ1n) is 4.81. The summed E-state index contributed by atoms with van der Waals surface area (Å²) in [6.45, 7) is 2.39. The number of amidine groups is 1. The maximum Gasteiger partial charge on any atom is 0.265 e. The molecule has 0 spiro atoms. The van der Waals surface area contributed by atoms with Gasteiger partial charge in [0.1, 0.15) is 5.84 Å². The summed E-state index contributed by atoms with van der Waals surface area (Å²) in [6, 6.07) is 4.72. The van der Waals surface area contributed by atoms with Crippen molar-refractivity contribution in [1.82, 2.24) is 4.31 Å². The number of aliphatic imine (C=N–C) groups is 1. The molecule has 1 aliphatic heterocycles. The third kappa shape index (κ3) is 1.51. The van der Waals surface area contributed by atoms with Crippen molar-refractivity contribution in [3.05, 3.63) is 28.8 Å². The number of sulfonamides is 1. The molecule has 1 aromatic rings. The molecular weight excluding hydrogens is 248 g/mol. The van der Waals surface area contributed by atoms with Gasteiger partial charge in [0.15, 0.2) is 0 Å². The molecule has 2 rings (SSSR count). The highest BCUT2D eigenvalue weighted by atomic mass is 35.5. The maximum absolute atomic E-state index is 12.0. The van der Waals surface area contributed by atoms with E-state index in [1.165, 1.54) is 17.4 Å². The number of halogens is 1. The van der Waals surface area contributed by atoms with E-state index in [0.717, 1.165) is 0 Å². The maximum atomic E-state index is 12.0. The van der Waals surface area contributed by atoms with Crippen LogP contribution in [0.3, 0.4) is 0 Å². The Labute approximate surface area is 99.6 Å². The average Bonchev–Trinajstić information content (AvgIpc) is 2.40. The molecule has 0 radical (unpaired) electrons. The van der Waals surface area contributed by atoms with Gasteiger partial charge in [0.25, 0.3) is 10.0 Å². The molecule has 0 fully saturated rings. The van der Waals surface area contributed by atoms with E-state index in [-0.39, 0.29) is 4.90 Å². The van der Waals surface area contributed by atoms with Crippen LogP contribution < -0.4 is 0 Å². The zero-order chi connectivity index (χ0) is 11.9. The molecular formula is C10H11ClN2O2S. The predicted molar refractivity (Wildman–Crippen MR) is 63.5 cm³/mol. The smallest absolute Gasteiger partial charge is 0.265 e. The second-order valence-electron chi connectivity index (χ2n) is 3.41. The number of fused-ring (bicyclic) bond motifs is 1. The molecule has 0 unspecified atom stereocenters. The third-order valence-electron chi connectivity index (χ3n) is 2.43. The van der Waals surface area contributed by atoms with Gasteiger partial charge in [-0.3, -0.25) is 9.30 Å². The number of hydrogen-bond acceptors (Lipinski definition) is 3. The third-order valence-corrected chi connectivity index (χ3v) is 4.47. The van der Waals surface area contributed by atoms with Crippen molar-refractivity contribution >= 4 is 27.5 Å². The Morgan fingerprint density at radius 2 is 2.12 bits per heavy atom. The number of hydrogen-bond donors (Lipinski definition) is 0. The van der Waals surface area contributed by atoms with Gasteiger partial charge in [-0.05, 0) is 25.1 Å². The summed E-state index contributed by atoms with van der Waals surface area (Å²) < 4.78 is 25.2. The van der Waals surface area contributed by atoms with Gasteiger partial charge in [-0.1, -0.05) is 11.6 Å². The fraction of sp³-hybridized carbons (Fsp3) is 0.300. The van der Waals surface area contributed by atoms with Crippen molar-refractivity contribution in [2.45, 2.75) is 11.8 Å². The molecule has 6 heteroatoms. The SMILES string of the molecule is CCN=C1c2cc(Cl)ccc2S(=O)(=O)N1C. The van der Waals surface area contributed by atoms with Crippen molar-refractivity contribution in [2.75, 3.05) is 13.6 Å². The highest BCUT2D eigenvalue weighted by Gasteiger charge is 2.36. The van der Waals surface area contributed by atoms with Crippen molar-refractivity contribution in [3.63, 3.8) is 0 Å². The Bertz CT molecular complexity index is 566. The lowest BCUT2D eigenvalue weighted by Crippen LogP contribution is -2.26. The molecule has 1 heterocycles. The first kappa shape index (κ1) is 11.4. The lowest BCUT2D eigenvalue weighted by molar-refractivity contribution is 0.559. The van der Waals surface area contributed by atoms with E-state index in [0.29, 0.717) is 23.0 Å². The minimum absolute atomic E-state index is 0.270. The summed E-state index contributed by atoms with van der Waals surface area (Å²) >= 11 is 5.86. The Morgan fingerprint density at radius 1 is 1.44 bits per heavy atom. The molecule has 4 nitrogen and oxygen atoms in total. The molecule has 0 bridgehead atoms. The van der Waals surface area contributed by atoms with Crippen molar-refractivity contribution in [2.24, 2.45) is 4.99 Å². The highest BCUT2D eigenvalue weighted by Crippen LogP contribution is 2.31. The van der Waals surface area contributed by atoms with Crippen LogP contribution in [0, 0.1) is 0 Å². The van der Waals surface area contributed by atoms with E-state index in [9.17, 15) is 8.42 Å². The topological polar surface area (TPSA) is 49.7 Å². The molecule has 16 heavy (non-hydrogen) atoms. The monoisotopic (exact) mass is 258 g/mol. The van der Waals surface area contributed by atoms with Crippen LogP contribution in [-0.2, 0) is 10.0 Å². The number of nitrogens with zero attached hydrogens (tertiary/aromatic N) is 2. The molecule has 86 valence electrons. The van der Waals surface area contributed by atoms with Crippen molar-refractivity contribution in [1.29, 1.82) is 0 Å². The van der Waals surface area contributed by atoms with Crippen molar-refractivity contribution in [3.8, 4) is 0 Å². The normalized spacial score (nSPS) is 20.2. The summed E-state index contributed by atoms with van der Waals surface area (Å²) in [7, 11) is -1.93. The van der Waals surface area contributed by atoms with E-state index < -0.39 is 10.0 Å². The average molecular weight is 259 g/mol.